The molecule has 0 atom stereocenters. The van der Waals surface area contributed by atoms with Gasteiger partial charge in [-0.05, 0) is 18.1 Å². The van der Waals surface area contributed by atoms with Gasteiger partial charge in [-0.25, -0.2) is 4.39 Å². The van der Waals surface area contributed by atoms with Crippen molar-refractivity contribution >= 4 is 11.6 Å². The van der Waals surface area contributed by atoms with Crippen LogP contribution in [0.3, 0.4) is 0 Å². The van der Waals surface area contributed by atoms with E-state index in [2.05, 4.69) is 19.2 Å². The van der Waals surface area contributed by atoms with Crippen LogP contribution in [0.5, 0.6) is 5.75 Å². The highest BCUT2D eigenvalue weighted by Gasteiger charge is 2.08. The predicted octanol–water partition coefficient (Wildman–Crippen LogP) is 2.36. The summed E-state index contributed by atoms with van der Waals surface area (Å²) in [6.07, 6.45) is 0. The summed E-state index contributed by atoms with van der Waals surface area (Å²) in [4.78, 5) is 12.8. The van der Waals surface area contributed by atoms with E-state index >= 15 is 0 Å². The van der Waals surface area contributed by atoms with Crippen LogP contribution in [-0.2, 0) is 4.79 Å². The lowest BCUT2D eigenvalue weighted by atomic mass is 10.2. The smallest absolute Gasteiger partial charge is 0.259 e. The topological polar surface area (TPSA) is 41.6 Å². The molecule has 0 spiro atoms. The molecule has 1 rings (SSSR count). The molecule has 0 saturated carbocycles. The third-order valence-electron chi connectivity index (χ3n) is 2.50. The fourth-order valence-corrected chi connectivity index (χ4v) is 1.32. The summed E-state index contributed by atoms with van der Waals surface area (Å²) in [6, 6.07) is 4.55. The number of hydrogen-bond acceptors (Lipinski definition) is 3. The Labute approximate surface area is 113 Å². The van der Waals surface area contributed by atoms with E-state index in [-0.39, 0.29) is 18.3 Å². The van der Waals surface area contributed by atoms with Gasteiger partial charge in [0.25, 0.3) is 5.91 Å². The number of halogens is 1. The maximum Gasteiger partial charge on any atom is 0.259 e. The van der Waals surface area contributed by atoms with Crippen molar-refractivity contribution < 1.29 is 13.9 Å². The first-order valence-electron chi connectivity index (χ1n) is 6.26. The van der Waals surface area contributed by atoms with Crippen molar-refractivity contribution in [3.8, 4) is 5.75 Å². The van der Waals surface area contributed by atoms with Gasteiger partial charge in [0, 0.05) is 26.7 Å². The van der Waals surface area contributed by atoms with Gasteiger partial charge >= 0.3 is 0 Å². The molecule has 1 N–H and O–H groups in total. The van der Waals surface area contributed by atoms with Crippen molar-refractivity contribution in [3.63, 3.8) is 0 Å². The van der Waals surface area contributed by atoms with Crippen LogP contribution >= 0.6 is 0 Å². The van der Waals surface area contributed by atoms with Gasteiger partial charge in [-0.15, -0.1) is 0 Å². The van der Waals surface area contributed by atoms with Crippen molar-refractivity contribution in [1.29, 1.82) is 0 Å². The van der Waals surface area contributed by atoms with Crippen LogP contribution in [0.25, 0.3) is 0 Å². The second-order valence-electron chi connectivity index (χ2n) is 4.99. The molecular formula is C14H21FN2O2. The number of benzene rings is 1. The molecule has 1 amide bonds. The van der Waals surface area contributed by atoms with Crippen molar-refractivity contribution in [2.45, 2.75) is 13.8 Å². The molecule has 0 aliphatic heterocycles. The zero-order valence-electron chi connectivity index (χ0n) is 11.9. The van der Waals surface area contributed by atoms with E-state index in [0.717, 1.165) is 0 Å². The number of likely N-dealkylation sites (N-methyl/N-ethyl adjacent to an activating group) is 1. The highest BCUT2D eigenvalue weighted by atomic mass is 19.1. The summed E-state index contributed by atoms with van der Waals surface area (Å²) in [5.74, 6) is 0.244. The van der Waals surface area contributed by atoms with E-state index in [1.807, 2.05) is 0 Å². The molecule has 1 aromatic carbocycles. The van der Waals surface area contributed by atoms with Gasteiger partial charge in [0.05, 0.1) is 5.69 Å². The molecule has 0 aliphatic rings. The Balaban J connectivity index is 2.59. The van der Waals surface area contributed by atoms with Gasteiger partial charge in [-0.1, -0.05) is 13.8 Å². The SMILES string of the molecule is CC(C)CNc1ccc(OCC(=O)N(C)C)cc1F. The Morgan fingerprint density at radius 1 is 1.42 bits per heavy atom. The molecule has 4 nitrogen and oxygen atoms in total. The van der Waals surface area contributed by atoms with Crippen molar-refractivity contribution in [1.82, 2.24) is 4.90 Å². The largest absolute Gasteiger partial charge is 0.484 e. The zero-order chi connectivity index (χ0) is 14.4. The molecule has 106 valence electrons. The average molecular weight is 268 g/mol. The summed E-state index contributed by atoms with van der Waals surface area (Å²) in [5, 5.41) is 3.02. The Morgan fingerprint density at radius 3 is 2.63 bits per heavy atom. The minimum Gasteiger partial charge on any atom is -0.484 e. The average Bonchev–Trinajstić information content (AvgIpc) is 2.34. The van der Waals surface area contributed by atoms with Crippen LogP contribution in [0, 0.1) is 11.7 Å². The first-order valence-corrected chi connectivity index (χ1v) is 6.26. The molecule has 0 fully saturated rings. The predicted molar refractivity (Wildman–Crippen MR) is 73.9 cm³/mol. The van der Waals surface area contributed by atoms with Gasteiger partial charge in [0.15, 0.2) is 6.61 Å². The number of carbonyl (C=O) groups is 1. The Bertz CT molecular complexity index is 433. The molecule has 0 heterocycles. The quantitative estimate of drug-likeness (QED) is 0.861. The number of carbonyl (C=O) groups excluding carboxylic acids is 1. The van der Waals surface area contributed by atoms with Crippen molar-refractivity contribution in [2.24, 2.45) is 5.92 Å². The summed E-state index contributed by atoms with van der Waals surface area (Å²) in [6.45, 7) is 4.71. The molecule has 0 aromatic heterocycles. The van der Waals surface area contributed by atoms with Crippen molar-refractivity contribution in [2.75, 3.05) is 32.6 Å². The Hall–Kier alpha value is -1.78. The molecular weight excluding hydrogens is 247 g/mol. The second kappa shape index (κ2) is 6.97. The van der Waals surface area contributed by atoms with E-state index in [1.54, 1.807) is 26.2 Å². The standard InChI is InChI=1S/C14H21FN2O2/c1-10(2)8-16-13-6-5-11(7-12(13)15)19-9-14(18)17(3)4/h5-7,10,16H,8-9H2,1-4H3. The van der Waals surface area contributed by atoms with Gasteiger partial charge in [0.2, 0.25) is 0 Å². The molecule has 0 aliphatic carbocycles. The minimum absolute atomic E-state index is 0.0921. The molecule has 0 bridgehead atoms. The van der Waals surface area contributed by atoms with E-state index < -0.39 is 0 Å². The van der Waals surface area contributed by atoms with Gasteiger partial charge in [-0.2, -0.15) is 0 Å². The first kappa shape index (κ1) is 15.3. The number of nitrogens with zero attached hydrogens (tertiary/aromatic N) is 1. The summed E-state index contributed by atoms with van der Waals surface area (Å²) in [5.41, 5.74) is 0.444. The van der Waals surface area contributed by atoms with Crippen LogP contribution in [0.1, 0.15) is 13.8 Å². The van der Waals surface area contributed by atoms with Gasteiger partial charge in [-0.3, -0.25) is 4.79 Å². The second-order valence-corrected chi connectivity index (χ2v) is 4.99. The maximum absolute atomic E-state index is 13.7. The molecule has 19 heavy (non-hydrogen) atoms. The van der Waals surface area contributed by atoms with Crippen LogP contribution in [0.4, 0.5) is 10.1 Å². The van der Waals surface area contributed by atoms with E-state index in [1.165, 1.54) is 11.0 Å². The fraction of sp³-hybridized carbons (Fsp3) is 0.500. The summed E-state index contributed by atoms with van der Waals surface area (Å²) in [7, 11) is 3.29. The molecule has 5 heteroatoms. The molecule has 1 aromatic rings. The fourth-order valence-electron chi connectivity index (χ4n) is 1.32. The number of amides is 1. The van der Waals surface area contributed by atoms with Crippen LogP contribution in [-0.4, -0.2) is 38.1 Å². The third-order valence-corrected chi connectivity index (χ3v) is 2.50. The molecule has 0 radical (unpaired) electrons. The van der Waals surface area contributed by atoms with Crippen LogP contribution in [0.15, 0.2) is 18.2 Å². The van der Waals surface area contributed by atoms with E-state index in [0.29, 0.717) is 23.9 Å². The Kier molecular flexibility index (Phi) is 5.60. The lowest BCUT2D eigenvalue weighted by Crippen LogP contribution is -2.27. The lowest BCUT2D eigenvalue weighted by molar-refractivity contribution is -0.130. The summed E-state index contributed by atoms with van der Waals surface area (Å²) >= 11 is 0. The summed E-state index contributed by atoms with van der Waals surface area (Å²) < 4.78 is 19.0. The van der Waals surface area contributed by atoms with Gasteiger partial charge in [0.1, 0.15) is 11.6 Å². The normalized spacial score (nSPS) is 10.4. The number of ether oxygens (including phenoxy) is 1. The zero-order valence-corrected chi connectivity index (χ0v) is 11.9. The lowest BCUT2D eigenvalue weighted by Gasteiger charge is -2.13. The number of rotatable bonds is 6. The molecule has 0 saturated heterocycles. The maximum atomic E-state index is 13.7. The van der Waals surface area contributed by atoms with Crippen molar-refractivity contribution in [3.05, 3.63) is 24.0 Å². The van der Waals surface area contributed by atoms with Crippen LogP contribution in [0.2, 0.25) is 0 Å². The third kappa shape index (κ3) is 5.16. The first-order chi connectivity index (χ1) is 8.90. The minimum atomic E-state index is -0.379. The van der Waals surface area contributed by atoms with Crippen LogP contribution < -0.4 is 10.1 Å². The number of anilines is 1. The number of hydrogen-bond donors (Lipinski definition) is 1. The Morgan fingerprint density at radius 2 is 2.11 bits per heavy atom. The monoisotopic (exact) mass is 268 g/mol. The van der Waals surface area contributed by atoms with E-state index in [9.17, 15) is 9.18 Å². The molecule has 0 unspecified atom stereocenters. The number of nitrogens with one attached hydrogen (secondary N) is 1. The highest BCUT2D eigenvalue weighted by Crippen LogP contribution is 2.20. The highest BCUT2D eigenvalue weighted by molar-refractivity contribution is 5.77. The van der Waals surface area contributed by atoms with Gasteiger partial charge < -0.3 is 15.0 Å². The van der Waals surface area contributed by atoms with E-state index in [4.69, 9.17) is 4.74 Å².